The maximum atomic E-state index is 12.1. The normalized spacial score (nSPS) is 10.7. The summed E-state index contributed by atoms with van der Waals surface area (Å²) in [6, 6.07) is 11.0. The number of furan rings is 1. The molecule has 26 heavy (non-hydrogen) atoms. The fourth-order valence-corrected chi connectivity index (χ4v) is 2.81. The SMILES string of the molecule is Cc1cnn(CCCNC(=O)c2ccc(COc3ccccc3Br)o2)c1. The van der Waals surface area contributed by atoms with Crippen LogP contribution in [0.2, 0.25) is 0 Å². The summed E-state index contributed by atoms with van der Waals surface area (Å²) < 4.78 is 14.0. The Hall–Kier alpha value is -2.54. The molecule has 1 N–H and O–H groups in total. The second kappa shape index (κ2) is 8.71. The minimum absolute atomic E-state index is 0.228. The number of carbonyl (C=O) groups excluding carboxylic acids is 1. The lowest BCUT2D eigenvalue weighted by Crippen LogP contribution is -2.24. The number of hydrogen-bond donors (Lipinski definition) is 1. The number of amides is 1. The first-order chi connectivity index (χ1) is 12.6. The zero-order chi connectivity index (χ0) is 18.4. The van der Waals surface area contributed by atoms with E-state index >= 15 is 0 Å². The monoisotopic (exact) mass is 417 g/mol. The van der Waals surface area contributed by atoms with Gasteiger partial charge in [0.25, 0.3) is 5.91 Å². The Morgan fingerprint density at radius 1 is 1.31 bits per heavy atom. The molecule has 0 unspecified atom stereocenters. The molecule has 0 aliphatic rings. The van der Waals surface area contributed by atoms with Gasteiger partial charge >= 0.3 is 0 Å². The molecule has 1 amide bonds. The first-order valence-corrected chi connectivity index (χ1v) is 9.14. The van der Waals surface area contributed by atoms with Crippen LogP contribution in [0.1, 0.15) is 28.3 Å². The first kappa shape index (κ1) is 18.3. The third kappa shape index (κ3) is 4.98. The molecule has 2 aromatic heterocycles. The molecule has 0 saturated carbocycles. The molecule has 0 spiro atoms. The Labute approximate surface area is 160 Å². The van der Waals surface area contributed by atoms with Gasteiger partial charge in [-0.15, -0.1) is 0 Å². The van der Waals surface area contributed by atoms with E-state index in [1.165, 1.54) is 0 Å². The second-order valence-electron chi connectivity index (χ2n) is 5.88. The van der Waals surface area contributed by atoms with Crippen LogP contribution >= 0.6 is 15.9 Å². The van der Waals surface area contributed by atoms with Crippen LogP contribution in [0.5, 0.6) is 5.75 Å². The van der Waals surface area contributed by atoms with Crippen molar-refractivity contribution in [2.45, 2.75) is 26.5 Å². The summed E-state index contributed by atoms with van der Waals surface area (Å²) in [5, 5.41) is 7.06. The van der Waals surface area contributed by atoms with Crippen molar-refractivity contribution < 1.29 is 13.9 Å². The van der Waals surface area contributed by atoms with E-state index in [1.54, 1.807) is 12.1 Å². The Kier molecular flexibility index (Phi) is 6.12. The van der Waals surface area contributed by atoms with Gasteiger partial charge in [0.05, 0.1) is 10.7 Å². The van der Waals surface area contributed by atoms with E-state index in [4.69, 9.17) is 9.15 Å². The highest BCUT2D eigenvalue weighted by atomic mass is 79.9. The number of hydrogen-bond acceptors (Lipinski definition) is 4. The van der Waals surface area contributed by atoms with Crippen LogP contribution in [0.4, 0.5) is 0 Å². The highest BCUT2D eigenvalue weighted by Crippen LogP contribution is 2.24. The van der Waals surface area contributed by atoms with E-state index in [9.17, 15) is 4.79 Å². The van der Waals surface area contributed by atoms with Crippen LogP contribution in [0, 0.1) is 6.92 Å². The summed E-state index contributed by atoms with van der Waals surface area (Å²) in [7, 11) is 0. The quantitative estimate of drug-likeness (QED) is 0.563. The van der Waals surface area contributed by atoms with Gasteiger partial charge in [-0.25, -0.2) is 0 Å². The number of benzene rings is 1. The molecule has 0 aliphatic heterocycles. The first-order valence-electron chi connectivity index (χ1n) is 8.35. The molecule has 136 valence electrons. The summed E-state index contributed by atoms with van der Waals surface area (Å²) in [5.41, 5.74) is 1.13. The molecule has 1 aromatic carbocycles. The average molecular weight is 418 g/mol. The summed E-state index contributed by atoms with van der Waals surface area (Å²) >= 11 is 3.43. The van der Waals surface area contributed by atoms with Crippen molar-refractivity contribution in [3.8, 4) is 5.75 Å². The standard InChI is InChI=1S/C19H20BrN3O3/c1-14-11-22-23(12-14)10-4-9-21-19(24)18-8-7-15(26-18)13-25-17-6-3-2-5-16(17)20/h2-3,5-8,11-12H,4,9-10,13H2,1H3,(H,21,24). The van der Waals surface area contributed by atoms with Gasteiger partial charge in [0.15, 0.2) is 5.76 Å². The predicted molar refractivity (Wildman–Crippen MR) is 101 cm³/mol. The van der Waals surface area contributed by atoms with Gasteiger partial charge in [0, 0.05) is 19.3 Å². The van der Waals surface area contributed by atoms with Crippen LogP contribution in [-0.2, 0) is 13.2 Å². The largest absolute Gasteiger partial charge is 0.484 e. The number of nitrogens with one attached hydrogen (secondary N) is 1. The van der Waals surface area contributed by atoms with Crippen molar-refractivity contribution in [3.05, 3.63) is 70.3 Å². The lowest BCUT2D eigenvalue weighted by atomic mass is 10.3. The molecule has 3 aromatic rings. The van der Waals surface area contributed by atoms with E-state index in [0.717, 1.165) is 28.8 Å². The Bertz CT molecular complexity index is 872. The van der Waals surface area contributed by atoms with E-state index in [-0.39, 0.29) is 18.3 Å². The van der Waals surface area contributed by atoms with Gasteiger partial charge in [-0.1, -0.05) is 12.1 Å². The number of para-hydroxylation sites is 1. The van der Waals surface area contributed by atoms with Gasteiger partial charge in [-0.05, 0) is 59.1 Å². The number of aryl methyl sites for hydroxylation is 2. The topological polar surface area (TPSA) is 69.3 Å². The number of carbonyl (C=O) groups is 1. The fourth-order valence-electron chi connectivity index (χ4n) is 2.41. The molecular weight excluding hydrogens is 398 g/mol. The summed E-state index contributed by atoms with van der Waals surface area (Å²) in [6.45, 7) is 3.58. The van der Waals surface area contributed by atoms with Crippen LogP contribution in [0.15, 0.2) is 57.7 Å². The van der Waals surface area contributed by atoms with Gasteiger partial charge < -0.3 is 14.5 Å². The molecule has 0 radical (unpaired) electrons. The Morgan fingerprint density at radius 2 is 2.15 bits per heavy atom. The predicted octanol–water partition coefficient (Wildman–Crippen LogP) is 3.95. The number of halogens is 1. The molecule has 2 heterocycles. The van der Waals surface area contributed by atoms with E-state index in [1.807, 2.05) is 48.3 Å². The van der Waals surface area contributed by atoms with Crippen molar-refractivity contribution in [2.75, 3.05) is 6.54 Å². The minimum Gasteiger partial charge on any atom is -0.484 e. The summed E-state index contributed by atoms with van der Waals surface area (Å²) in [4.78, 5) is 12.1. The van der Waals surface area contributed by atoms with Crippen molar-refractivity contribution in [3.63, 3.8) is 0 Å². The van der Waals surface area contributed by atoms with E-state index < -0.39 is 0 Å². The number of ether oxygens (including phenoxy) is 1. The van der Waals surface area contributed by atoms with Gasteiger partial charge in [-0.2, -0.15) is 5.10 Å². The van der Waals surface area contributed by atoms with E-state index in [2.05, 4.69) is 26.3 Å². The molecular formula is C19H20BrN3O3. The maximum Gasteiger partial charge on any atom is 0.286 e. The molecule has 0 saturated heterocycles. The van der Waals surface area contributed by atoms with Gasteiger partial charge in [-0.3, -0.25) is 9.48 Å². The van der Waals surface area contributed by atoms with Crippen LogP contribution in [0.25, 0.3) is 0 Å². The minimum atomic E-state index is -0.228. The molecule has 6 nitrogen and oxygen atoms in total. The Morgan fingerprint density at radius 3 is 2.92 bits per heavy atom. The lowest BCUT2D eigenvalue weighted by Gasteiger charge is -2.06. The van der Waals surface area contributed by atoms with Crippen molar-refractivity contribution >= 4 is 21.8 Å². The van der Waals surface area contributed by atoms with Crippen molar-refractivity contribution in [1.29, 1.82) is 0 Å². The third-order valence-corrected chi connectivity index (χ3v) is 4.36. The van der Waals surface area contributed by atoms with Crippen molar-refractivity contribution in [2.24, 2.45) is 0 Å². The zero-order valence-electron chi connectivity index (χ0n) is 14.4. The highest BCUT2D eigenvalue weighted by molar-refractivity contribution is 9.10. The molecule has 0 fully saturated rings. The molecule has 7 heteroatoms. The smallest absolute Gasteiger partial charge is 0.286 e. The van der Waals surface area contributed by atoms with Crippen LogP contribution in [0.3, 0.4) is 0 Å². The van der Waals surface area contributed by atoms with E-state index in [0.29, 0.717) is 12.3 Å². The maximum absolute atomic E-state index is 12.1. The summed E-state index contributed by atoms with van der Waals surface area (Å²) in [6.07, 6.45) is 4.59. The average Bonchev–Trinajstić information content (AvgIpc) is 3.27. The van der Waals surface area contributed by atoms with Gasteiger partial charge in [0.2, 0.25) is 0 Å². The lowest BCUT2D eigenvalue weighted by molar-refractivity contribution is 0.0920. The molecule has 0 bridgehead atoms. The molecule has 0 aliphatic carbocycles. The van der Waals surface area contributed by atoms with Crippen LogP contribution in [-0.4, -0.2) is 22.2 Å². The Balaban J connectivity index is 1.43. The number of nitrogens with zero attached hydrogens (tertiary/aromatic N) is 2. The van der Waals surface area contributed by atoms with Gasteiger partial charge in [0.1, 0.15) is 18.1 Å². The number of aromatic nitrogens is 2. The summed E-state index contributed by atoms with van der Waals surface area (Å²) in [5.74, 6) is 1.38. The second-order valence-corrected chi connectivity index (χ2v) is 6.73. The number of rotatable bonds is 8. The van der Waals surface area contributed by atoms with Crippen LogP contribution < -0.4 is 10.1 Å². The highest BCUT2D eigenvalue weighted by Gasteiger charge is 2.11. The van der Waals surface area contributed by atoms with Crippen molar-refractivity contribution in [1.82, 2.24) is 15.1 Å². The zero-order valence-corrected chi connectivity index (χ0v) is 16.0. The fraction of sp³-hybridized carbons (Fsp3) is 0.263. The molecule has 0 atom stereocenters. The molecule has 3 rings (SSSR count). The third-order valence-electron chi connectivity index (χ3n) is 3.70.